The van der Waals surface area contributed by atoms with Crippen molar-refractivity contribution < 1.29 is 9.53 Å². The molecule has 21 heavy (non-hydrogen) atoms. The van der Waals surface area contributed by atoms with Crippen LogP contribution < -0.4 is 0 Å². The quantitative estimate of drug-likeness (QED) is 0.899. The smallest absolute Gasteiger partial charge is 0.274 e. The van der Waals surface area contributed by atoms with Gasteiger partial charge in [-0.25, -0.2) is 0 Å². The van der Waals surface area contributed by atoms with Crippen molar-refractivity contribution in [2.45, 2.75) is 19.8 Å². The molecular weight excluding hydrogens is 268 g/mol. The van der Waals surface area contributed by atoms with Crippen LogP contribution >= 0.6 is 0 Å². The third-order valence-corrected chi connectivity index (χ3v) is 4.35. The molecule has 0 saturated carbocycles. The van der Waals surface area contributed by atoms with Crippen LogP contribution in [0.1, 0.15) is 29.0 Å². The summed E-state index contributed by atoms with van der Waals surface area (Å²) >= 11 is 0. The molecule has 1 N–H and O–H groups in total. The van der Waals surface area contributed by atoms with E-state index in [0.29, 0.717) is 11.6 Å². The molecule has 2 fully saturated rings. The number of aromatic amines is 1. The molecule has 1 aromatic rings. The number of H-pyrrole nitrogens is 1. The fourth-order valence-corrected chi connectivity index (χ4v) is 3.24. The van der Waals surface area contributed by atoms with Gasteiger partial charge < -0.3 is 9.64 Å². The maximum absolute atomic E-state index is 12.5. The number of rotatable bonds is 3. The lowest BCUT2D eigenvalue weighted by atomic mass is 9.97. The van der Waals surface area contributed by atoms with Gasteiger partial charge in [-0.3, -0.25) is 14.8 Å². The lowest BCUT2D eigenvalue weighted by Crippen LogP contribution is -2.46. The van der Waals surface area contributed by atoms with Crippen LogP contribution in [0.2, 0.25) is 0 Å². The molecule has 2 aliphatic heterocycles. The second kappa shape index (κ2) is 6.58. The van der Waals surface area contributed by atoms with E-state index >= 15 is 0 Å². The van der Waals surface area contributed by atoms with Crippen molar-refractivity contribution >= 4 is 5.91 Å². The zero-order chi connectivity index (χ0) is 14.7. The molecule has 1 amide bonds. The van der Waals surface area contributed by atoms with Crippen LogP contribution in [0, 0.1) is 12.8 Å². The van der Waals surface area contributed by atoms with E-state index in [9.17, 15) is 4.79 Å². The van der Waals surface area contributed by atoms with E-state index < -0.39 is 0 Å². The van der Waals surface area contributed by atoms with Gasteiger partial charge in [0.1, 0.15) is 5.69 Å². The van der Waals surface area contributed by atoms with Gasteiger partial charge in [0.2, 0.25) is 0 Å². The summed E-state index contributed by atoms with van der Waals surface area (Å²) in [5.41, 5.74) is 1.47. The number of carbonyl (C=O) groups is 1. The van der Waals surface area contributed by atoms with E-state index in [2.05, 4.69) is 15.1 Å². The van der Waals surface area contributed by atoms with Gasteiger partial charge >= 0.3 is 0 Å². The van der Waals surface area contributed by atoms with E-state index in [0.717, 1.165) is 58.1 Å². The molecule has 116 valence electrons. The first-order valence-corrected chi connectivity index (χ1v) is 7.84. The zero-order valence-corrected chi connectivity index (χ0v) is 12.7. The van der Waals surface area contributed by atoms with Crippen molar-refractivity contribution in [3.63, 3.8) is 0 Å². The van der Waals surface area contributed by atoms with Crippen LogP contribution in [0.5, 0.6) is 0 Å². The summed E-state index contributed by atoms with van der Waals surface area (Å²) in [5, 5.41) is 6.93. The van der Waals surface area contributed by atoms with E-state index in [-0.39, 0.29) is 5.91 Å². The number of ether oxygens (including phenoxy) is 1. The SMILES string of the molecule is Cc1cc(C(=O)N2CCC[C@H](CN3CCOCC3)C2)n[nH]1. The minimum Gasteiger partial charge on any atom is -0.379 e. The number of amides is 1. The second-order valence-corrected chi connectivity index (χ2v) is 6.11. The lowest BCUT2D eigenvalue weighted by molar-refractivity contribution is 0.0223. The Bertz CT molecular complexity index is 482. The Morgan fingerprint density at radius 3 is 2.95 bits per heavy atom. The van der Waals surface area contributed by atoms with Crippen molar-refractivity contribution in [2.24, 2.45) is 5.92 Å². The number of aryl methyl sites for hydroxylation is 1. The standard InChI is InChI=1S/C15H24N4O2/c1-12-9-14(17-16-12)15(20)19-4-2-3-13(11-19)10-18-5-7-21-8-6-18/h9,13H,2-8,10-11H2,1H3,(H,16,17)/t13-/m1/s1. The first-order valence-electron chi connectivity index (χ1n) is 7.84. The molecule has 0 bridgehead atoms. The molecule has 0 unspecified atom stereocenters. The Morgan fingerprint density at radius 1 is 1.43 bits per heavy atom. The van der Waals surface area contributed by atoms with Crippen LogP contribution in [0.3, 0.4) is 0 Å². The molecule has 0 spiro atoms. The second-order valence-electron chi connectivity index (χ2n) is 6.11. The topological polar surface area (TPSA) is 61.5 Å². The molecule has 1 aromatic heterocycles. The van der Waals surface area contributed by atoms with E-state index in [1.54, 1.807) is 0 Å². The third-order valence-electron chi connectivity index (χ3n) is 4.35. The number of nitrogens with zero attached hydrogens (tertiary/aromatic N) is 3. The van der Waals surface area contributed by atoms with Crippen LogP contribution in [0.4, 0.5) is 0 Å². The van der Waals surface area contributed by atoms with E-state index in [4.69, 9.17) is 4.74 Å². The number of morpholine rings is 1. The van der Waals surface area contributed by atoms with Crippen molar-refractivity contribution in [3.8, 4) is 0 Å². The normalized spacial score (nSPS) is 24.2. The minimum absolute atomic E-state index is 0.0611. The van der Waals surface area contributed by atoms with Crippen molar-refractivity contribution in [3.05, 3.63) is 17.5 Å². The molecular formula is C15H24N4O2. The highest BCUT2D eigenvalue weighted by Gasteiger charge is 2.27. The number of hydrogen-bond donors (Lipinski definition) is 1. The van der Waals surface area contributed by atoms with Gasteiger partial charge in [0, 0.05) is 38.4 Å². The fraction of sp³-hybridized carbons (Fsp3) is 0.733. The maximum atomic E-state index is 12.5. The van der Waals surface area contributed by atoms with Gasteiger partial charge in [0.15, 0.2) is 0 Å². The Hall–Kier alpha value is -1.40. The van der Waals surface area contributed by atoms with Crippen LogP contribution in [0.15, 0.2) is 6.07 Å². The maximum Gasteiger partial charge on any atom is 0.274 e. The summed E-state index contributed by atoms with van der Waals surface area (Å²) in [5.74, 6) is 0.631. The molecule has 3 rings (SSSR count). The fourth-order valence-electron chi connectivity index (χ4n) is 3.24. The zero-order valence-electron chi connectivity index (χ0n) is 12.7. The lowest BCUT2D eigenvalue weighted by Gasteiger charge is -2.36. The monoisotopic (exact) mass is 292 g/mol. The van der Waals surface area contributed by atoms with Crippen LogP contribution in [-0.2, 0) is 4.74 Å². The summed E-state index contributed by atoms with van der Waals surface area (Å²) in [6, 6.07) is 1.83. The summed E-state index contributed by atoms with van der Waals surface area (Å²) in [7, 11) is 0. The number of piperidine rings is 1. The Morgan fingerprint density at radius 2 is 2.24 bits per heavy atom. The molecule has 0 radical (unpaired) electrons. The van der Waals surface area contributed by atoms with Gasteiger partial charge in [-0.05, 0) is 31.7 Å². The first-order chi connectivity index (χ1) is 10.2. The number of likely N-dealkylation sites (tertiary alicyclic amines) is 1. The van der Waals surface area contributed by atoms with Crippen LogP contribution in [-0.4, -0.2) is 71.8 Å². The highest BCUT2D eigenvalue weighted by molar-refractivity contribution is 5.92. The Labute approximate surface area is 125 Å². The molecule has 2 aliphatic rings. The Balaban J connectivity index is 1.56. The molecule has 6 nitrogen and oxygen atoms in total. The van der Waals surface area contributed by atoms with Gasteiger partial charge in [0.25, 0.3) is 5.91 Å². The largest absolute Gasteiger partial charge is 0.379 e. The van der Waals surface area contributed by atoms with Gasteiger partial charge in [-0.15, -0.1) is 0 Å². The van der Waals surface area contributed by atoms with Crippen LogP contribution in [0.25, 0.3) is 0 Å². The predicted molar refractivity (Wildman–Crippen MR) is 79.2 cm³/mol. The number of nitrogens with one attached hydrogen (secondary N) is 1. The Kier molecular flexibility index (Phi) is 4.55. The van der Waals surface area contributed by atoms with Crippen molar-refractivity contribution in [2.75, 3.05) is 45.9 Å². The highest BCUT2D eigenvalue weighted by atomic mass is 16.5. The first kappa shape index (κ1) is 14.5. The van der Waals surface area contributed by atoms with Gasteiger partial charge in [0.05, 0.1) is 13.2 Å². The summed E-state index contributed by atoms with van der Waals surface area (Å²) in [6.07, 6.45) is 2.30. The van der Waals surface area contributed by atoms with Gasteiger partial charge in [-0.1, -0.05) is 0 Å². The summed E-state index contributed by atoms with van der Waals surface area (Å²) in [6.45, 7) is 8.40. The summed E-state index contributed by atoms with van der Waals surface area (Å²) in [4.78, 5) is 16.9. The number of carbonyl (C=O) groups excluding carboxylic acids is 1. The molecule has 1 atom stereocenters. The number of aromatic nitrogens is 2. The van der Waals surface area contributed by atoms with Crippen molar-refractivity contribution in [1.29, 1.82) is 0 Å². The molecule has 0 aliphatic carbocycles. The average Bonchev–Trinajstić information content (AvgIpc) is 2.94. The highest BCUT2D eigenvalue weighted by Crippen LogP contribution is 2.20. The summed E-state index contributed by atoms with van der Waals surface area (Å²) < 4.78 is 5.39. The molecule has 6 heteroatoms. The van der Waals surface area contributed by atoms with E-state index in [1.165, 1.54) is 6.42 Å². The predicted octanol–water partition coefficient (Wildman–Crippen LogP) is 0.903. The molecule has 0 aromatic carbocycles. The average molecular weight is 292 g/mol. The molecule has 3 heterocycles. The van der Waals surface area contributed by atoms with Gasteiger partial charge in [-0.2, -0.15) is 5.10 Å². The van der Waals surface area contributed by atoms with E-state index in [1.807, 2.05) is 17.9 Å². The third kappa shape index (κ3) is 3.63. The number of hydrogen-bond acceptors (Lipinski definition) is 4. The molecule has 2 saturated heterocycles. The minimum atomic E-state index is 0.0611. The van der Waals surface area contributed by atoms with Crippen molar-refractivity contribution in [1.82, 2.24) is 20.0 Å².